The highest BCUT2D eigenvalue weighted by molar-refractivity contribution is 7.99. The van der Waals surface area contributed by atoms with Crippen LogP contribution in [0.1, 0.15) is 15.9 Å². The minimum Gasteiger partial charge on any atom is -0.322 e. The Hall–Kier alpha value is -3.28. The van der Waals surface area contributed by atoms with Crippen LogP contribution in [-0.4, -0.2) is 19.2 Å². The van der Waals surface area contributed by atoms with E-state index in [0.717, 1.165) is 17.8 Å². The highest BCUT2D eigenvalue weighted by Crippen LogP contribution is 2.34. The standard InChI is InChI=1S/C20H16FN3O5S2/c1-12-6-7-13(10-19(12)31(22,28)29)23-20(25)15-11-14(24(26)27)8-9-17(15)30-18-5-3-2-4-16(18)21/h2-11H,1H3,(H,23,25)(H2,22,28,29). The van der Waals surface area contributed by atoms with Crippen LogP contribution in [-0.2, 0) is 10.0 Å². The van der Waals surface area contributed by atoms with Crippen molar-refractivity contribution >= 4 is 39.1 Å². The maximum Gasteiger partial charge on any atom is 0.270 e. The molecule has 0 saturated carbocycles. The van der Waals surface area contributed by atoms with Crippen LogP contribution in [0.4, 0.5) is 15.8 Å². The predicted molar refractivity (Wildman–Crippen MR) is 114 cm³/mol. The second kappa shape index (κ2) is 8.84. The molecule has 3 N–H and O–H groups in total. The molecule has 0 bridgehead atoms. The summed E-state index contributed by atoms with van der Waals surface area (Å²) < 4.78 is 37.5. The molecule has 0 aliphatic rings. The van der Waals surface area contributed by atoms with Gasteiger partial charge in [-0.2, -0.15) is 0 Å². The van der Waals surface area contributed by atoms with Gasteiger partial charge >= 0.3 is 0 Å². The summed E-state index contributed by atoms with van der Waals surface area (Å²) in [5.74, 6) is -1.24. The molecule has 3 aromatic carbocycles. The smallest absolute Gasteiger partial charge is 0.270 e. The number of rotatable bonds is 6. The molecule has 3 rings (SSSR count). The van der Waals surface area contributed by atoms with Crippen molar-refractivity contribution in [3.05, 3.63) is 87.7 Å². The Bertz CT molecular complexity index is 1300. The van der Waals surface area contributed by atoms with Gasteiger partial charge in [0, 0.05) is 27.6 Å². The Kier molecular flexibility index (Phi) is 6.39. The first kappa shape index (κ1) is 22.4. The van der Waals surface area contributed by atoms with Gasteiger partial charge in [-0.15, -0.1) is 0 Å². The number of hydrogen-bond donors (Lipinski definition) is 2. The Morgan fingerprint density at radius 1 is 1.10 bits per heavy atom. The fourth-order valence-electron chi connectivity index (χ4n) is 2.73. The number of carbonyl (C=O) groups excluding carboxylic acids is 1. The van der Waals surface area contributed by atoms with Crippen LogP contribution in [0.2, 0.25) is 0 Å². The van der Waals surface area contributed by atoms with E-state index in [9.17, 15) is 27.7 Å². The minimum atomic E-state index is -4.01. The van der Waals surface area contributed by atoms with Gasteiger partial charge in [-0.05, 0) is 42.8 Å². The van der Waals surface area contributed by atoms with Crippen molar-refractivity contribution in [2.24, 2.45) is 5.14 Å². The number of non-ortho nitro benzene ring substituents is 1. The van der Waals surface area contributed by atoms with E-state index in [0.29, 0.717) is 5.56 Å². The largest absolute Gasteiger partial charge is 0.322 e. The van der Waals surface area contributed by atoms with Crippen molar-refractivity contribution < 1.29 is 22.5 Å². The first-order chi connectivity index (χ1) is 14.6. The van der Waals surface area contributed by atoms with Gasteiger partial charge < -0.3 is 5.32 Å². The molecule has 0 aliphatic carbocycles. The quantitative estimate of drug-likeness (QED) is 0.420. The van der Waals surface area contributed by atoms with E-state index < -0.39 is 26.7 Å². The second-order valence-electron chi connectivity index (χ2n) is 6.45. The molecule has 0 unspecified atom stereocenters. The molecule has 0 atom stereocenters. The van der Waals surface area contributed by atoms with Crippen molar-refractivity contribution in [2.45, 2.75) is 21.6 Å². The fraction of sp³-hybridized carbons (Fsp3) is 0.0500. The van der Waals surface area contributed by atoms with Gasteiger partial charge in [0.1, 0.15) is 5.82 Å². The van der Waals surface area contributed by atoms with Crippen LogP contribution < -0.4 is 10.5 Å². The lowest BCUT2D eigenvalue weighted by atomic mass is 10.1. The summed E-state index contributed by atoms with van der Waals surface area (Å²) >= 11 is 0.936. The number of amides is 1. The number of benzene rings is 3. The van der Waals surface area contributed by atoms with E-state index in [1.807, 2.05) is 0 Å². The van der Waals surface area contributed by atoms with Gasteiger partial charge in [-0.25, -0.2) is 17.9 Å². The van der Waals surface area contributed by atoms with Crippen molar-refractivity contribution in [1.29, 1.82) is 0 Å². The Labute approximate surface area is 181 Å². The summed E-state index contributed by atoms with van der Waals surface area (Å²) in [6, 6.07) is 13.7. The molecular formula is C20H16FN3O5S2. The van der Waals surface area contributed by atoms with Gasteiger partial charge in [-0.3, -0.25) is 14.9 Å². The number of nitrogens with zero attached hydrogens (tertiary/aromatic N) is 1. The first-order valence-electron chi connectivity index (χ1n) is 8.72. The van der Waals surface area contributed by atoms with E-state index in [1.165, 1.54) is 48.5 Å². The molecule has 0 spiro atoms. The lowest BCUT2D eigenvalue weighted by Gasteiger charge is -2.12. The van der Waals surface area contributed by atoms with Gasteiger partial charge in [0.2, 0.25) is 10.0 Å². The van der Waals surface area contributed by atoms with E-state index in [-0.39, 0.29) is 31.6 Å². The van der Waals surface area contributed by atoms with E-state index in [1.54, 1.807) is 13.0 Å². The zero-order chi connectivity index (χ0) is 22.8. The number of anilines is 1. The highest BCUT2D eigenvalue weighted by Gasteiger charge is 2.20. The van der Waals surface area contributed by atoms with Crippen LogP contribution in [0, 0.1) is 22.9 Å². The third-order valence-electron chi connectivity index (χ3n) is 4.23. The topological polar surface area (TPSA) is 132 Å². The number of nitro benzene ring substituents is 1. The number of halogens is 1. The molecule has 31 heavy (non-hydrogen) atoms. The van der Waals surface area contributed by atoms with E-state index >= 15 is 0 Å². The summed E-state index contributed by atoms with van der Waals surface area (Å²) in [7, 11) is -4.01. The highest BCUT2D eigenvalue weighted by atomic mass is 32.2. The van der Waals surface area contributed by atoms with Gasteiger partial charge in [0.25, 0.3) is 11.6 Å². The van der Waals surface area contributed by atoms with Gasteiger partial charge in [0.15, 0.2) is 0 Å². The number of carbonyl (C=O) groups is 1. The molecular weight excluding hydrogens is 445 g/mol. The molecule has 0 radical (unpaired) electrons. The molecule has 1 amide bonds. The minimum absolute atomic E-state index is 0.0693. The maximum atomic E-state index is 14.1. The summed E-state index contributed by atoms with van der Waals surface area (Å²) in [6.07, 6.45) is 0. The van der Waals surface area contributed by atoms with Gasteiger partial charge in [-0.1, -0.05) is 30.0 Å². The number of sulfonamides is 1. The molecule has 8 nitrogen and oxygen atoms in total. The summed E-state index contributed by atoms with van der Waals surface area (Å²) in [5, 5.41) is 18.9. The van der Waals surface area contributed by atoms with Crippen LogP contribution in [0.3, 0.4) is 0 Å². The third kappa shape index (κ3) is 5.26. The average Bonchev–Trinajstić information content (AvgIpc) is 2.70. The normalized spacial score (nSPS) is 11.2. The molecule has 0 aromatic heterocycles. The number of nitrogens with two attached hydrogens (primary N) is 1. The number of hydrogen-bond acceptors (Lipinski definition) is 6. The van der Waals surface area contributed by atoms with Crippen molar-refractivity contribution in [2.75, 3.05) is 5.32 Å². The van der Waals surface area contributed by atoms with Crippen LogP contribution in [0.5, 0.6) is 0 Å². The Morgan fingerprint density at radius 2 is 1.81 bits per heavy atom. The monoisotopic (exact) mass is 461 g/mol. The third-order valence-corrected chi connectivity index (χ3v) is 6.41. The molecule has 0 fully saturated rings. The molecule has 0 saturated heterocycles. The van der Waals surface area contributed by atoms with E-state index in [4.69, 9.17) is 5.14 Å². The van der Waals surface area contributed by atoms with E-state index in [2.05, 4.69) is 5.32 Å². The Balaban J connectivity index is 2.00. The maximum absolute atomic E-state index is 14.1. The molecule has 160 valence electrons. The predicted octanol–water partition coefficient (Wildman–Crippen LogP) is 4.09. The average molecular weight is 461 g/mol. The lowest BCUT2D eigenvalue weighted by Crippen LogP contribution is -2.16. The Morgan fingerprint density at radius 3 is 2.45 bits per heavy atom. The lowest BCUT2D eigenvalue weighted by molar-refractivity contribution is -0.384. The summed E-state index contributed by atoms with van der Waals surface area (Å²) in [5.41, 5.74) is 0.136. The first-order valence-corrected chi connectivity index (χ1v) is 11.1. The number of primary sulfonamides is 1. The van der Waals surface area contributed by atoms with Crippen molar-refractivity contribution in [3.8, 4) is 0 Å². The second-order valence-corrected chi connectivity index (χ2v) is 9.06. The van der Waals surface area contributed by atoms with Crippen LogP contribution in [0.15, 0.2) is 75.4 Å². The molecule has 0 heterocycles. The zero-order valence-corrected chi connectivity index (χ0v) is 17.7. The van der Waals surface area contributed by atoms with Crippen LogP contribution in [0.25, 0.3) is 0 Å². The summed E-state index contributed by atoms with van der Waals surface area (Å²) in [4.78, 5) is 23.8. The summed E-state index contributed by atoms with van der Waals surface area (Å²) in [6.45, 7) is 1.55. The SMILES string of the molecule is Cc1ccc(NC(=O)c2cc([N+](=O)[O-])ccc2Sc2ccccc2F)cc1S(N)(=O)=O. The van der Waals surface area contributed by atoms with Crippen molar-refractivity contribution in [3.63, 3.8) is 0 Å². The zero-order valence-electron chi connectivity index (χ0n) is 16.0. The van der Waals surface area contributed by atoms with Gasteiger partial charge in [0.05, 0.1) is 15.4 Å². The molecule has 3 aromatic rings. The number of nitrogens with one attached hydrogen (secondary N) is 1. The van der Waals surface area contributed by atoms with Crippen LogP contribution >= 0.6 is 11.8 Å². The molecule has 0 aliphatic heterocycles. The number of aryl methyl sites for hydroxylation is 1. The molecule has 11 heteroatoms. The fourth-order valence-corrected chi connectivity index (χ4v) is 4.48. The number of nitro groups is 1. The van der Waals surface area contributed by atoms with Crippen molar-refractivity contribution in [1.82, 2.24) is 0 Å².